The van der Waals surface area contributed by atoms with E-state index in [1.165, 1.54) is 19.1 Å². The van der Waals surface area contributed by atoms with Crippen molar-refractivity contribution in [1.29, 1.82) is 0 Å². The minimum absolute atomic E-state index is 0.146. The summed E-state index contributed by atoms with van der Waals surface area (Å²) in [4.78, 5) is 42.1. The molecule has 0 saturated carbocycles. The Morgan fingerprint density at radius 3 is 2.00 bits per heavy atom. The van der Waals surface area contributed by atoms with E-state index in [1.54, 1.807) is 0 Å². The molecule has 0 fully saturated rings. The van der Waals surface area contributed by atoms with Gasteiger partial charge in [0.25, 0.3) is 0 Å². The average molecular weight is 222 g/mol. The molecule has 0 aliphatic heterocycles. The van der Waals surface area contributed by atoms with Gasteiger partial charge in [0.05, 0.1) is 0 Å². The zero-order chi connectivity index (χ0) is 12.4. The highest BCUT2D eigenvalue weighted by Gasteiger charge is 2.06. The minimum Gasteiger partial charge on any atom is -0.303 e. The second-order valence-corrected chi connectivity index (χ2v) is 3.16. The standard InChI is InChI=1S/C12H14O4/c1-10(16)12(5-3-7-14)8-11(9-15)4-2-6-13/h4-7,9H,2-3,8H2,1H3/b11-4+,12-5+. The van der Waals surface area contributed by atoms with E-state index in [2.05, 4.69) is 0 Å². The number of allylic oxidation sites excluding steroid dienone is 4. The van der Waals surface area contributed by atoms with Gasteiger partial charge in [0.2, 0.25) is 0 Å². The number of carbonyl (C=O) groups is 4. The molecule has 4 nitrogen and oxygen atoms in total. The van der Waals surface area contributed by atoms with E-state index in [-0.39, 0.29) is 25.0 Å². The van der Waals surface area contributed by atoms with Gasteiger partial charge in [-0.1, -0.05) is 12.2 Å². The monoisotopic (exact) mass is 222 g/mol. The van der Waals surface area contributed by atoms with Crippen LogP contribution in [0.25, 0.3) is 0 Å². The number of rotatable bonds is 8. The maximum absolute atomic E-state index is 11.2. The van der Waals surface area contributed by atoms with Crippen molar-refractivity contribution in [1.82, 2.24) is 0 Å². The first-order chi connectivity index (χ1) is 7.65. The van der Waals surface area contributed by atoms with Gasteiger partial charge in [-0.25, -0.2) is 0 Å². The number of hydrogen-bond donors (Lipinski definition) is 0. The quantitative estimate of drug-likeness (QED) is 0.457. The Labute approximate surface area is 94.0 Å². The van der Waals surface area contributed by atoms with Crippen molar-refractivity contribution < 1.29 is 19.2 Å². The molecule has 0 aliphatic carbocycles. The predicted molar refractivity (Wildman–Crippen MR) is 58.9 cm³/mol. The maximum atomic E-state index is 11.2. The third-order valence-electron chi connectivity index (χ3n) is 1.93. The molecule has 0 radical (unpaired) electrons. The van der Waals surface area contributed by atoms with Gasteiger partial charge in [0.1, 0.15) is 18.9 Å². The zero-order valence-corrected chi connectivity index (χ0v) is 9.14. The Kier molecular flexibility index (Phi) is 7.49. The van der Waals surface area contributed by atoms with Crippen LogP contribution in [0, 0.1) is 0 Å². The molecule has 0 aromatic heterocycles. The van der Waals surface area contributed by atoms with Gasteiger partial charge in [-0.3, -0.25) is 9.59 Å². The van der Waals surface area contributed by atoms with Crippen LogP contribution in [0.1, 0.15) is 26.2 Å². The SMILES string of the molecule is CC(=O)/C(=C/CC=O)C/C(C=O)=C\CC=O. The van der Waals surface area contributed by atoms with Crippen molar-refractivity contribution in [2.45, 2.75) is 26.2 Å². The van der Waals surface area contributed by atoms with Crippen LogP contribution in [0.4, 0.5) is 0 Å². The zero-order valence-electron chi connectivity index (χ0n) is 9.14. The highest BCUT2D eigenvalue weighted by molar-refractivity contribution is 5.95. The Morgan fingerprint density at radius 1 is 1.00 bits per heavy atom. The second kappa shape index (κ2) is 8.47. The summed E-state index contributed by atoms with van der Waals surface area (Å²) in [5.74, 6) is -0.180. The molecule has 86 valence electrons. The van der Waals surface area contributed by atoms with Crippen molar-refractivity contribution in [3.8, 4) is 0 Å². The lowest BCUT2D eigenvalue weighted by Gasteiger charge is -2.02. The second-order valence-electron chi connectivity index (χ2n) is 3.16. The van der Waals surface area contributed by atoms with Crippen molar-refractivity contribution in [3.63, 3.8) is 0 Å². The first-order valence-corrected chi connectivity index (χ1v) is 4.87. The number of ketones is 1. The maximum Gasteiger partial charge on any atom is 0.155 e. The number of Topliss-reactive ketones (excluding diaryl/α,β-unsaturated/α-hetero) is 1. The highest BCUT2D eigenvalue weighted by atomic mass is 16.1. The molecule has 0 aromatic rings. The van der Waals surface area contributed by atoms with Gasteiger partial charge in [0.15, 0.2) is 5.78 Å². The predicted octanol–water partition coefficient (Wildman–Crippen LogP) is 1.20. The summed E-state index contributed by atoms with van der Waals surface area (Å²) in [7, 11) is 0. The fraction of sp³-hybridized carbons (Fsp3) is 0.333. The molecule has 0 N–H and O–H groups in total. The van der Waals surface area contributed by atoms with Crippen molar-refractivity contribution >= 4 is 24.6 Å². The van der Waals surface area contributed by atoms with E-state index < -0.39 is 0 Å². The van der Waals surface area contributed by atoms with Crippen LogP contribution in [0.15, 0.2) is 23.3 Å². The first kappa shape index (κ1) is 14.2. The minimum atomic E-state index is -0.180. The largest absolute Gasteiger partial charge is 0.303 e. The molecule has 0 saturated heterocycles. The fourth-order valence-corrected chi connectivity index (χ4v) is 1.11. The topological polar surface area (TPSA) is 68.3 Å². The van der Waals surface area contributed by atoms with Crippen LogP contribution in [0.5, 0.6) is 0 Å². The van der Waals surface area contributed by atoms with Crippen molar-refractivity contribution in [3.05, 3.63) is 23.3 Å². The van der Waals surface area contributed by atoms with Crippen LogP contribution in [0.3, 0.4) is 0 Å². The first-order valence-electron chi connectivity index (χ1n) is 4.87. The van der Waals surface area contributed by atoms with Crippen LogP contribution < -0.4 is 0 Å². The van der Waals surface area contributed by atoms with E-state index >= 15 is 0 Å². The molecular formula is C12H14O4. The summed E-state index contributed by atoms with van der Waals surface area (Å²) in [6, 6.07) is 0. The highest BCUT2D eigenvalue weighted by Crippen LogP contribution is 2.11. The number of carbonyl (C=O) groups excluding carboxylic acids is 4. The lowest BCUT2D eigenvalue weighted by molar-refractivity contribution is -0.113. The molecule has 0 aliphatic rings. The van der Waals surface area contributed by atoms with Gasteiger partial charge in [-0.2, -0.15) is 0 Å². The summed E-state index contributed by atoms with van der Waals surface area (Å²) in [5.41, 5.74) is 0.788. The van der Waals surface area contributed by atoms with Crippen LogP contribution in [0.2, 0.25) is 0 Å². The lowest BCUT2D eigenvalue weighted by Crippen LogP contribution is -2.00. The molecule has 0 amide bonds. The van der Waals surface area contributed by atoms with Gasteiger partial charge >= 0.3 is 0 Å². The summed E-state index contributed by atoms with van der Waals surface area (Å²) >= 11 is 0. The third-order valence-corrected chi connectivity index (χ3v) is 1.93. The Bertz CT molecular complexity index is 337. The van der Waals surface area contributed by atoms with Crippen molar-refractivity contribution in [2.24, 2.45) is 0 Å². The van der Waals surface area contributed by atoms with E-state index in [9.17, 15) is 19.2 Å². The van der Waals surface area contributed by atoms with E-state index in [0.717, 1.165) is 0 Å². The molecular weight excluding hydrogens is 208 g/mol. The molecule has 0 heterocycles. The molecule has 0 rings (SSSR count). The van der Waals surface area contributed by atoms with Gasteiger partial charge in [-0.05, 0) is 18.1 Å². The van der Waals surface area contributed by atoms with E-state index in [1.807, 2.05) is 0 Å². The average Bonchev–Trinajstić information content (AvgIpc) is 2.28. The fourth-order valence-electron chi connectivity index (χ4n) is 1.11. The smallest absolute Gasteiger partial charge is 0.155 e. The van der Waals surface area contributed by atoms with E-state index in [4.69, 9.17) is 0 Å². The normalized spacial score (nSPS) is 12.1. The van der Waals surface area contributed by atoms with Crippen LogP contribution in [-0.2, 0) is 19.2 Å². The summed E-state index contributed by atoms with van der Waals surface area (Å²) in [6.45, 7) is 1.37. The molecule has 0 atom stereocenters. The molecule has 0 spiro atoms. The molecule has 4 heteroatoms. The van der Waals surface area contributed by atoms with Gasteiger partial charge in [0, 0.05) is 19.3 Å². The summed E-state index contributed by atoms with van der Waals surface area (Å²) in [6.07, 6.45) is 5.39. The van der Waals surface area contributed by atoms with Crippen LogP contribution in [-0.4, -0.2) is 24.6 Å². The van der Waals surface area contributed by atoms with E-state index in [0.29, 0.717) is 30.0 Å². The third kappa shape index (κ3) is 5.80. The number of hydrogen-bond acceptors (Lipinski definition) is 4. The molecule has 0 aromatic carbocycles. The molecule has 0 unspecified atom stereocenters. The number of aldehydes is 3. The van der Waals surface area contributed by atoms with Gasteiger partial charge < -0.3 is 9.59 Å². The Balaban J connectivity index is 4.71. The molecule has 0 bridgehead atoms. The summed E-state index contributed by atoms with van der Waals surface area (Å²) in [5, 5.41) is 0. The lowest BCUT2D eigenvalue weighted by atomic mass is 10.0. The Morgan fingerprint density at radius 2 is 1.56 bits per heavy atom. The molecule has 16 heavy (non-hydrogen) atoms. The van der Waals surface area contributed by atoms with Gasteiger partial charge in [-0.15, -0.1) is 0 Å². The van der Waals surface area contributed by atoms with Crippen molar-refractivity contribution in [2.75, 3.05) is 0 Å². The van der Waals surface area contributed by atoms with Crippen LogP contribution >= 0.6 is 0 Å². The summed E-state index contributed by atoms with van der Waals surface area (Å²) < 4.78 is 0. The Hall–Kier alpha value is -1.84.